The molecular formula is C26H34N4O7S. The molecular weight excluding hydrogens is 512 g/mol. The third kappa shape index (κ3) is 5.86. The van der Waals surface area contributed by atoms with Crippen LogP contribution in [0.25, 0.3) is 0 Å². The summed E-state index contributed by atoms with van der Waals surface area (Å²) >= 11 is 0. The lowest BCUT2D eigenvalue weighted by Crippen LogP contribution is -2.51. The zero-order valence-electron chi connectivity index (χ0n) is 21.8. The summed E-state index contributed by atoms with van der Waals surface area (Å²) in [6.45, 7) is 6.44. The molecule has 0 spiro atoms. The maximum Gasteiger partial charge on any atom is 0.340 e. The smallest absolute Gasteiger partial charge is 0.340 e. The molecule has 3 heterocycles. The van der Waals surface area contributed by atoms with Gasteiger partial charge in [0.2, 0.25) is 10.0 Å². The summed E-state index contributed by atoms with van der Waals surface area (Å²) in [6, 6.07) is 7.76. The van der Waals surface area contributed by atoms with Gasteiger partial charge in [0.1, 0.15) is 0 Å². The highest BCUT2D eigenvalue weighted by atomic mass is 32.2. The summed E-state index contributed by atoms with van der Waals surface area (Å²) in [6.07, 6.45) is 3.38. The fourth-order valence-electron chi connectivity index (χ4n) is 4.80. The number of nitrogens with zero attached hydrogens (tertiary/aromatic N) is 4. The van der Waals surface area contributed by atoms with Crippen molar-refractivity contribution in [2.45, 2.75) is 31.6 Å². The first kappa shape index (κ1) is 27.6. The zero-order chi connectivity index (χ0) is 27.3. The molecule has 0 bridgehead atoms. The minimum absolute atomic E-state index is 0.0137. The van der Waals surface area contributed by atoms with Crippen LogP contribution < -0.4 is 4.90 Å². The van der Waals surface area contributed by atoms with Gasteiger partial charge in [-0.2, -0.15) is 4.31 Å². The number of esters is 1. The van der Waals surface area contributed by atoms with Crippen molar-refractivity contribution in [2.24, 2.45) is 0 Å². The van der Waals surface area contributed by atoms with Gasteiger partial charge in [-0.15, -0.1) is 0 Å². The topological polar surface area (TPSA) is 121 Å². The number of sulfonamides is 1. The van der Waals surface area contributed by atoms with Gasteiger partial charge >= 0.3 is 5.97 Å². The van der Waals surface area contributed by atoms with E-state index in [2.05, 4.69) is 0 Å². The minimum atomic E-state index is -3.78. The molecule has 2 fully saturated rings. The molecule has 0 radical (unpaired) electrons. The van der Waals surface area contributed by atoms with Crippen molar-refractivity contribution in [3.63, 3.8) is 0 Å². The van der Waals surface area contributed by atoms with E-state index >= 15 is 0 Å². The number of hydrogen-bond acceptors (Lipinski definition) is 8. The van der Waals surface area contributed by atoms with E-state index in [1.165, 1.54) is 22.7 Å². The van der Waals surface area contributed by atoms with Crippen LogP contribution in [0, 0.1) is 0 Å². The first-order valence-electron chi connectivity index (χ1n) is 12.9. The number of anilines is 1. The van der Waals surface area contributed by atoms with E-state index in [4.69, 9.17) is 9.15 Å². The maximum atomic E-state index is 13.2. The number of benzene rings is 1. The van der Waals surface area contributed by atoms with E-state index in [-0.39, 0.29) is 28.0 Å². The molecule has 2 saturated heterocycles. The summed E-state index contributed by atoms with van der Waals surface area (Å²) in [7, 11) is -3.78. The van der Waals surface area contributed by atoms with E-state index in [0.29, 0.717) is 45.0 Å². The standard InChI is InChI=1S/C26H34N4O7S/c1-3-30(4-2)38(34,35)20-9-10-22(27-11-5-6-12-27)21(18-20)26(33)37-19-24(31)28-13-15-29(16-14-28)25(32)23-8-7-17-36-23/h7-10,17-18H,3-6,11-16,19H2,1-2H3. The Labute approximate surface area is 223 Å². The third-order valence-electron chi connectivity index (χ3n) is 6.96. The maximum absolute atomic E-state index is 13.2. The molecule has 4 rings (SSSR count). The number of carbonyl (C=O) groups is 3. The highest BCUT2D eigenvalue weighted by Gasteiger charge is 2.29. The van der Waals surface area contributed by atoms with Crippen LogP contribution in [0.15, 0.2) is 45.9 Å². The lowest BCUT2D eigenvalue weighted by molar-refractivity contribution is -0.136. The van der Waals surface area contributed by atoms with Crippen molar-refractivity contribution >= 4 is 33.5 Å². The Morgan fingerprint density at radius 2 is 1.61 bits per heavy atom. The molecule has 38 heavy (non-hydrogen) atoms. The van der Waals surface area contributed by atoms with Crippen LogP contribution in [0.2, 0.25) is 0 Å². The van der Waals surface area contributed by atoms with Gasteiger partial charge in [-0.05, 0) is 43.2 Å². The summed E-state index contributed by atoms with van der Waals surface area (Å²) in [4.78, 5) is 43.6. The molecule has 11 nitrogen and oxygen atoms in total. The summed E-state index contributed by atoms with van der Waals surface area (Å²) in [5.41, 5.74) is 0.727. The molecule has 1 aromatic heterocycles. The normalized spacial score (nSPS) is 16.2. The van der Waals surface area contributed by atoms with Gasteiger partial charge in [-0.25, -0.2) is 13.2 Å². The molecule has 0 saturated carbocycles. The highest BCUT2D eigenvalue weighted by molar-refractivity contribution is 7.89. The van der Waals surface area contributed by atoms with E-state index in [0.717, 1.165) is 25.9 Å². The molecule has 1 aromatic carbocycles. The largest absolute Gasteiger partial charge is 0.459 e. The molecule has 2 aromatic rings. The van der Waals surface area contributed by atoms with Crippen molar-refractivity contribution in [3.05, 3.63) is 47.9 Å². The second kappa shape index (κ2) is 12.0. The average Bonchev–Trinajstić information content (AvgIpc) is 3.66. The Morgan fingerprint density at radius 1 is 0.947 bits per heavy atom. The van der Waals surface area contributed by atoms with Gasteiger partial charge in [0.25, 0.3) is 11.8 Å². The number of amides is 2. The first-order valence-corrected chi connectivity index (χ1v) is 14.4. The molecule has 2 aliphatic heterocycles. The van der Waals surface area contributed by atoms with Crippen LogP contribution in [-0.2, 0) is 19.6 Å². The fourth-order valence-corrected chi connectivity index (χ4v) is 6.28. The van der Waals surface area contributed by atoms with E-state index in [9.17, 15) is 22.8 Å². The number of carbonyl (C=O) groups excluding carboxylic acids is 3. The van der Waals surface area contributed by atoms with E-state index in [1.807, 2.05) is 4.90 Å². The number of furan rings is 1. The molecule has 2 amide bonds. The van der Waals surface area contributed by atoms with Crippen molar-refractivity contribution in [2.75, 3.05) is 63.9 Å². The Hall–Kier alpha value is -3.38. The van der Waals surface area contributed by atoms with Crippen molar-refractivity contribution in [1.29, 1.82) is 0 Å². The zero-order valence-corrected chi connectivity index (χ0v) is 22.6. The number of piperazine rings is 1. The molecule has 0 N–H and O–H groups in total. The predicted octanol–water partition coefficient (Wildman–Crippen LogP) is 2.05. The van der Waals surface area contributed by atoms with Crippen LogP contribution in [0.4, 0.5) is 5.69 Å². The van der Waals surface area contributed by atoms with Crippen molar-refractivity contribution in [1.82, 2.24) is 14.1 Å². The van der Waals surface area contributed by atoms with Crippen molar-refractivity contribution in [3.8, 4) is 0 Å². The number of hydrogen-bond donors (Lipinski definition) is 0. The van der Waals surface area contributed by atoms with Crippen LogP contribution in [-0.4, -0.2) is 99.3 Å². The summed E-state index contributed by atoms with van der Waals surface area (Å²) in [5.74, 6) is -1.11. The molecule has 12 heteroatoms. The molecule has 0 aliphatic carbocycles. The molecule has 0 atom stereocenters. The van der Waals surface area contributed by atoms with Crippen LogP contribution in [0.1, 0.15) is 47.6 Å². The monoisotopic (exact) mass is 546 g/mol. The lowest BCUT2D eigenvalue weighted by atomic mass is 10.1. The lowest BCUT2D eigenvalue weighted by Gasteiger charge is -2.34. The Kier molecular flexibility index (Phi) is 8.72. The van der Waals surface area contributed by atoms with Gasteiger partial charge in [-0.1, -0.05) is 13.8 Å². The molecule has 206 valence electrons. The van der Waals surface area contributed by atoms with Crippen molar-refractivity contribution < 1.29 is 32.0 Å². The van der Waals surface area contributed by atoms with Crippen LogP contribution >= 0.6 is 0 Å². The second-order valence-corrected chi connectivity index (χ2v) is 11.1. The van der Waals surface area contributed by atoms with Crippen LogP contribution in [0.3, 0.4) is 0 Å². The highest BCUT2D eigenvalue weighted by Crippen LogP contribution is 2.29. The first-order chi connectivity index (χ1) is 18.3. The fraction of sp³-hybridized carbons (Fsp3) is 0.500. The Bertz CT molecular complexity index is 1240. The average molecular weight is 547 g/mol. The van der Waals surface area contributed by atoms with Gasteiger partial charge in [0, 0.05) is 52.4 Å². The Balaban J connectivity index is 1.43. The van der Waals surface area contributed by atoms with E-state index < -0.39 is 22.6 Å². The third-order valence-corrected chi connectivity index (χ3v) is 9.00. The molecule has 0 unspecified atom stereocenters. The molecule has 2 aliphatic rings. The summed E-state index contributed by atoms with van der Waals surface area (Å²) in [5, 5.41) is 0. The number of ether oxygens (including phenoxy) is 1. The van der Waals surface area contributed by atoms with Gasteiger partial charge in [0.05, 0.1) is 22.4 Å². The Morgan fingerprint density at radius 3 is 2.21 bits per heavy atom. The second-order valence-electron chi connectivity index (χ2n) is 9.19. The SMILES string of the molecule is CCN(CC)S(=O)(=O)c1ccc(N2CCCC2)c(C(=O)OCC(=O)N2CCN(C(=O)c3ccco3)CC2)c1. The predicted molar refractivity (Wildman–Crippen MR) is 139 cm³/mol. The van der Waals surface area contributed by atoms with E-state index in [1.54, 1.807) is 41.8 Å². The van der Waals surface area contributed by atoms with Gasteiger partial charge < -0.3 is 23.9 Å². The summed E-state index contributed by atoms with van der Waals surface area (Å²) < 4.78 is 38.1. The quantitative estimate of drug-likeness (QED) is 0.438. The van der Waals surface area contributed by atoms with Gasteiger partial charge in [-0.3, -0.25) is 9.59 Å². The van der Waals surface area contributed by atoms with Crippen LogP contribution in [0.5, 0.6) is 0 Å². The minimum Gasteiger partial charge on any atom is -0.459 e. The number of rotatable bonds is 9. The van der Waals surface area contributed by atoms with Gasteiger partial charge in [0.15, 0.2) is 12.4 Å².